The maximum atomic E-state index is 11.9. The summed E-state index contributed by atoms with van der Waals surface area (Å²) in [5, 5.41) is 1.80. The van der Waals surface area contributed by atoms with Gasteiger partial charge in [-0.2, -0.15) is 0 Å². The first kappa shape index (κ1) is 19.3. The second-order valence-electron chi connectivity index (χ2n) is 6.71. The van der Waals surface area contributed by atoms with Gasteiger partial charge in [0.25, 0.3) is 0 Å². The quantitative estimate of drug-likeness (QED) is 0.665. The Bertz CT molecular complexity index is 897. The van der Waals surface area contributed by atoms with Gasteiger partial charge in [0.15, 0.2) is 9.84 Å². The standard InChI is InChI=1S/C18H23ClN2O4S/c1-4-26(22,23)13-5-12(6-13)25-18-16-9-20-17(19)7-14(16)15(8-21-18)11(2)10-24-3/h7-9,11-13H,4-6,10H2,1-3H3/t11-,12?,13?/m0/s1. The average Bonchev–Trinajstić information content (AvgIpc) is 2.57. The van der Waals surface area contributed by atoms with Crippen molar-refractivity contribution in [2.45, 2.75) is 44.0 Å². The fraction of sp³-hybridized carbons (Fsp3) is 0.556. The monoisotopic (exact) mass is 398 g/mol. The van der Waals surface area contributed by atoms with Crippen LogP contribution in [0.15, 0.2) is 18.5 Å². The predicted molar refractivity (Wildman–Crippen MR) is 102 cm³/mol. The Kier molecular flexibility index (Phi) is 5.69. The van der Waals surface area contributed by atoms with Gasteiger partial charge in [-0.05, 0) is 17.0 Å². The smallest absolute Gasteiger partial charge is 0.223 e. The van der Waals surface area contributed by atoms with Crippen molar-refractivity contribution >= 4 is 32.2 Å². The van der Waals surface area contributed by atoms with Gasteiger partial charge in [-0.25, -0.2) is 18.4 Å². The normalized spacial score (nSPS) is 21.4. The van der Waals surface area contributed by atoms with E-state index in [-0.39, 0.29) is 23.0 Å². The first-order valence-electron chi connectivity index (χ1n) is 8.67. The summed E-state index contributed by atoms with van der Waals surface area (Å²) in [6.45, 7) is 4.30. The van der Waals surface area contributed by atoms with Crippen LogP contribution in [0.1, 0.15) is 38.2 Å². The number of methoxy groups -OCH3 is 1. The molecule has 0 aliphatic heterocycles. The number of hydrogen-bond donors (Lipinski definition) is 0. The Morgan fingerprint density at radius 2 is 2.00 bits per heavy atom. The SMILES string of the molecule is CCS(=O)(=O)C1CC(Oc2ncc([C@@H](C)COC)c3cc(Cl)ncc23)C1. The number of halogens is 1. The average molecular weight is 399 g/mol. The van der Waals surface area contributed by atoms with E-state index in [1.165, 1.54) is 0 Å². The van der Waals surface area contributed by atoms with Gasteiger partial charge in [0.05, 0.1) is 17.2 Å². The fourth-order valence-corrected chi connectivity index (χ4v) is 4.88. The Balaban J connectivity index is 1.86. The van der Waals surface area contributed by atoms with E-state index in [1.807, 2.05) is 0 Å². The van der Waals surface area contributed by atoms with Gasteiger partial charge in [-0.3, -0.25) is 0 Å². The fourth-order valence-electron chi connectivity index (χ4n) is 3.23. The summed E-state index contributed by atoms with van der Waals surface area (Å²) in [5.41, 5.74) is 1.01. The van der Waals surface area contributed by atoms with Gasteiger partial charge in [0.2, 0.25) is 5.88 Å². The molecule has 6 nitrogen and oxygen atoms in total. The van der Waals surface area contributed by atoms with Crippen molar-refractivity contribution in [3.05, 3.63) is 29.2 Å². The molecule has 0 spiro atoms. The van der Waals surface area contributed by atoms with E-state index in [9.17, 15) is 8.42 Å². The Morgan fingerprint density at radius 3 is 2.65 bits per heavy atom. The number of sulfone groups is 1. The van der Waals surface area contributed by atoms with E-state index in [1.54, 1.807) is 32.5 Å². The molecule has 0 N–H and O–H groups in total. The van der Waals surface area contributed by atoms with E-state index in [4.69, 9.17) is 21.1 Å². The maximum absolute atomic E-state index is 11.9. The molecule has 2 heterocycles. The van der Waals surface area contributed by atoms with Gasteiger partial charge in [-0.15, -0.1) is 0 Å². The molecule has 0 saturated heterocycles. The summed E-state index contributed by atoms with van der Waals surface area (Å²) in [6.07, 6.45) is 4.29. The molecule has 1 fully saturated rings. The highest BCUT2D eigenvalue weighted by molar-refractivity contribution is 7.92. The van der Waals surface area contributed by atoms with E-state index < -0.39 is 9.84 Å². The molecule has 0 aromatic carbocycles. The summed E-state index contributed by atoms with van der Waals surface area (Å²) in [5.74, 6) is 0.778. The lowest BCUT2D eigenvalue weighted by Gasteiger charge is -2.34. The largest absolute Gasteiger partial charge is 0.474 e. The van der Waals surface area contributed by atoms with Crippen LogP contribution in [-0.2, 0) is 14.6 Å². The maximum Gasteiger partial charge on any atom is 0.223 e. The summed E-state index contributed by atoms with van der Waals surface area (Å²) >= 11 is 6.08. The van der Waals surface area contributed by atoms with Crippen molar-refractivity contribution in [1.29, 1.82) is 0 Å². The van der Waals surface area contributed by atoms with E-state index in [0.29, 0.717) is 30.5 Å². The lowest BCUT2D eigenvalue weighted by atomic mass is 9.95. The zero-order chi connectivity index (χ0) is 18.9. The van der Waals surface area contributed by atoms with Crippen LogP contribution >= 0.6 is 11.6 Å². The number of hydrogen-bond acceptors (Lipinski definition) is 6. The Labute approximate surface area is 158 Å². The van der Waals surface area contributed by atoms with Gasteiger partial charge in [0.1, 0.15) is 11.3 Å². The third-order valence-electron chi connectivity index (χ3n) is 4.92. The molecule has 1 aliphatic rings. The van der Waals surface area contributed by atoms with Crippen molar-refractivity contribution in [3.63, 3.8) is 0 Å². The minimum absolute atomic E-state index is 0.144. The van der Waals surface area contributed by atoms with Crippen LogP contribution in [0.4, 0.5) is 0 Å². The van der Waals surface area contributed by atoms with Crippen molar-refractivity contribution < 1.29 is 17.9 Å². The number of aromatic nitrogens is 2. The molecule has 1 atom stereocenters. The van der Waals surface area contributed by atoms with E-state index >= 15 is 0 Å². The third kappa shape index (κ3) is 3.80. The first-order valence-corrected chi connectivity index (χ1v) is 10.8. The number of nitrogens with zero attached hydrogens (tertiary/aromatic N) is 2. The van der Waals surface area contributed by atoms with Crippen LogP contribution in [0.5, 0.6) is 5.88 Å². The zero-order valence-corrected chi connectivity index (χ0v) is 16.7. The number of rotatable bonds is 7. The van der Waals surface area contributed by atoms with Crippen molar-refractivity contribution in [2.24, 2.45) is 0 Å². The highest BCUT2D eigenvalue weighted by Gasteiger charge is 2.39. The highest BCUT2D eigenvalue weighted by atomic mass is 35.5. The van der Waals surface area contributed by atoms with Gasteiger partial charge >= 0.3 is 0 Å². The second-order valence-corrected chi connectivity index (χ2v) is 9.67. The second kappa shape index (κ2) is 7.66. The number of pyridine rings is 2. The number of ether oxygens (including phenoxy) is 2. The van der Waals surface area contributed by atoms with Crippen LogP contribution in [0.2, 0.25) is 5.15 Å². The summed E-state index contributed by atoms with van der Waals surface area (Å²) in [4.78, 5) is 8.61. The molecule has 8 heteroatoms. The van der Waals surface area contributed by atoms with Crippen molar-refractivity contribution in [2.75, 3.05) is 19.5 Å². The van der Waals surface area contributed by atoms with E-state index in [0.717, 1.165) is 16.3 Å². The molecule has 1 aliphatic carbocycles. The van der Waals surface area contributed by atoms with Crippen LogP contribution in [0, 0.1) is 0 Å². The molecule has 3 rings (SSSR count). The van der Waals surface area contributed by atoms with Crippen molar-refractivity contribution in [3.8, 4) is 5.88 Å². The molecule has 2 aromatic heterocycles. The molecule has 0 radical (unpaired) electrons. The summed E-state index contributed by atoms with van der Waals surface area (Å²) in [7, 11) is -1.34. The first-order chi connectivity index (χ1) is 12.4. The molecule has 26 heavy (non-hydrogen) atoms. The van der Waals surface area contributed by atoms with Gasteiger partial charge in [0, 0.05) is 44.0 Å². The van der Waals surface area contributed by atoms with E-state index in [2.05, 4.69) is 16.9 Å². The lowest BCUT2D eigenvalue weighted by molar-refractivity contribution is 0.119. The Morgan fingerprint density at radius 1 is 1.27 bits per heavy atom. The summed E-state index contributed by atoms with van der Waals surface area (Å²) < 4.78 is 35.0. The molecule has 0 bridgehead atoms. The van der Waals surface area contributed by atoms with Gasteiger partial charge < -0.3 is 9.47 Å². The molecular weight excluding hydrogens is 376 g/mol. The van der Waals surface area contributed by atoms with Crippen LogP contribution in [-0.4, -0.2) is 49.2 Å². The number of fused-ring (bicyclic) bond motifs is 1. The molecule has 1 saturated carbocycles. The minimum Gasteiger partial charge on any atom is -0.474 e. The molecule has 0 amide bonds. The predicted octanol–water partition coefficient (Wildman–Crippen LogP) is 3.38. The summed E-state index contributed by atoms with van der Waals surface area (Å²) in [6, 6.07) is 1.80. The van der Waals surface area contributed by atoms with Crippen LogP contribution in [0.3, 0.4) is 0 Å². The Hall–Kier alpha value is -1.44. The van der Waals surface area contributed by atoms with Gasteiger partial charge in [-0.1, -0.05) is 25.4 Å². The molecule has 2 aromatic rings. The highest BCUT2D eigenvalue weighted by Crippen LogP contribution is 2.35. The molecular formula is C18H23ClN2O4S. The van der Waals surface area contributed by atoms with Crippen molar-refractivity contribution in [1.82, 2.24) is 9.97 Å². The third-order valence-corrected chi connectivity index (χ3v) is 7.33. The minimum atomic E-state index is -3.00. The topological polar surface area (TPSA) is 78.4 Å². The molecule has 0 unspecified atom stereocenters. The van der Waals surface area contributed by atoms with Crippen LogP contribution < -0.4 is 4.74 Å². The zero-order valence-electron chi connectivity index (χ0n) is 15.1. The van der Waals surface area contributed by atoms with Crippen LogP contribution in [0.25, 0.3) is 10.8 Å². The molecule has 142 valence electrons. The lowest BCUT2D eigenvalue weighted by Crippen LogP contribution is -2.43.